The summed E-state index contributed by atoms with van der Waals surface area (Å²) in [4.78, 5) is 11.7. The van der Waals surface area contributed by atoms with Gasteiger partial charge in [0.25, 0.3) is 5.75 Å². The Bertz CT molecular complexity index is 617. The highest BCUT2D eigenvalue weighted by Gasteiger charge is 2.42. The van der Waals surface area contributed by atoms with Crippen molar-refractivity contribution in [1.29, 1.82) is 0 Å². The van der Waals surface area contributed by atoms with Crippen LogP contribution in [0, 0.1) is 11.3 Å². The van der Waals surface area contributed by atoms with E-state index in [2.05, 4.69) is 6.92 Å². The first-order valence-electron chi connectivity index (χ1n) is 8.14. The van der Waals surface area contributed by atoms with Gasteiger partial charge in [0.1, 0.15) is 5.75 Å². The van der Waals surface area contributed by atoms with Crippen molar-refractivity contribution in [2.75, 3.05) is 7.11 Å². The van der Waals surface area contributed by atoms with Gasteiger partial charge in [0.15, 0.2) is 5.78 Å². The van der Waals surface area contributed by atoms with Crippen LogP contribution in [-0.4, -0.2) is 18.0 Å². The summed E-state index contributed by atoms with van der Waals surface area (Å²) < 4.78 is 5.48. The fourth-order valence-electron chi connectivity index (χ4n) is 4.32. The smallest absolute Gasteiger partial charge is 0.260 e. The topological polar surface area (TPSA) is 49.2 Å². The maximum absolute atomic E-state index is 11.7. The van der Waals surface area contributed by atoms with Crippen molar-refractivity contribution in [2.24, 2.45) is 11.3 Å². The Kier molecular flexibility index (Phi) is 3.98. The van der Waals surface area contributed by atoms with Crippen LogP contribution < -0.4 is 4.74 Å². The van der Waals surface area contributed by atoms with E-state index >= 15 is 0 Å². The minimum Gasteiger partial charge on any atom is -0.593 e. The van der Waals surface area contributed by atoms with Crippen molar-refractivity contribution >= 4 is 5.78 Å². The molecule has 0 bridgehead atoms. The van der Waals surface area contributed by atoms with Gasteiger partial charge >= 0.3 is 0 Å². The lowest BCUT2D eigenvalue weighted by Crippen LogP contribution is -2.37. The maximum atomic E-state index is 11.7. The van der Waals surface area contributed by atoms with Crippen LogP contribution in [0.2, 0.25) is 0 Å². The van der Waals surface area contributed by atoms with Crippen LogP contribution in [0.1, 0.15) is 44.6 Å². The maximum Gasteiger partial charge on any atom is 0.260 e. The third kappa shape index (κ3) is 2.65. The first-order valence-corrected chi connectivity index (χ1v) is 8.14. The SMILES string of the molecule is COc1cccc([OH2+])c1CC1(C)CCCC2=CC(=O)CCC21. The van der Waals surface area contributed by atoms with Gasteiger partial charge in [0.05, 0.1) is 12.7 Å². The highest BCUT2D eigenvalue weighted by molar-refractivity contribution is 5.91. The molecule has 1 aromatic rings. The molecular formula is C19H25O3+. The second kappa shape index (κ2) is 5.79. The molecule has 0 aliphatic heterocycles. The second-order valence-electron chi connectivity index (χ2n) is 6.95. The van der Waals surface area contributed by atoms with E-state index in [1.54, 1.807) is 7.11 Å². The van der Waals surface area contributed by atoms with Gasteiger partial charge in [0, 0.05) is 12.5 Å². The predicted molar refractivity (Wildman–Crippen MR) is 87.5 cm³/mol. The van der Waals surface area contributed by atoms with Crippen LogP contribution in [-0.2, 0) is 11.2 Å². The van der Waals surface area contributed by atoms with Crippen molar-refractivity contribution in [3.05, 3.63) is 35.4 Å². The molecule has 1 saturated carbocycles. The number of rotatable bonds is 3. The molecule has 0 amide bonds. The summed E-state index contributed by atoms with van der Waals surface area (Å²) in [5, 5.41) is 8.24. The average Bonchev–Trinajstić information content (AvgIpc) is 2.49. The zero-order chi connectivity index (χ0) is 15.7. The Balaban J connectivity index is 1.94. The Labute approximate surface area is 132 Å². The lowest BCUT2D eigenvalue weighted by Gasteiger charge is -2.45. The average molecular weight is 301 g/mol. The third-order valence-electron chi connectivity index (χ3n) is 5.46. The molecule has 2 aliphatic carbocycles. The molecule has 2 unspecified atom stereocenters. The lowest BCUT2D eigenvalue weighted by atomic mass is 9.59. The lowest BCUT2D eigenvalue weighted by molar-refractivity contribution is -0.115. The summed E-state index contributed by atoms with van der Waals surface area (Å²) in [5.41, 5.74) is 2.46. The summed E-state index contributed by atoms with van der Waals surface area (Å²) in [6.45, 7) is 2.33. The largest absolute Gasteiger partial charge is 0.593 e. The number of hydrogen-bond acceptors (Lipinski definition) is 2. The molecule has 0 aromatic heterocycles. The fraction of sp³-hybridized carbons (Fsp3) is 0.526. The monoisotopic (exact) mass is 301 g/mol. The number of allylic oxidation sites excluding steroid dienone is 2. The number of hydrogen-bond donors (Lipinski definition) is 0. The van der Waals surface area contributed by atoms with Gasteiger partial charge in [-0.25, -0.2) is 0 Å². The number of benzene rings is 1. The molecule has 0 radical (unpaired) electrons. The first kappa shape index (κ1) is 15.1. The second-order valence-corrected chi connectivity index (χ2v) is 6.95. The summed E-state index contributed by atoms with van der Waals surface area (Å²) in [6.07, 6.45) is 7.73. The molecule has 0 saturated heterocycles. The van der Waals surface area contributed by atoms with E-state index < -0.39 is 0 Å². The van der Waals surface area contributed by atoms with E-state index in [1.807, 2.05) is 24.3 Å². The summed E-state index contributed by atoms with van der Waals surface area (Å²) >= 11 is 0. The molecule has 2 N–H and O–H groups in total. The molecule has 3 heteroatoms. The zero-order valence-electron chi connectivity index (χ0n) is 13.4. The molecule has 0 heterocycles. The van der Waals surface area contributed by atoms with Gasteiger partial charge < -0.3 is 9.84 Å². The van der Waals surface area contributed by atoms with E-state index in [4.69, 9.17) is 9.84 Å². The molecule has 2 aliphatic rings. The number of fused-ring (bicyclic) bond motifs is 1. The van der Waals surface area contributed by atoms with Crippen molar-refractivity contribution in [1.82, 2.24) is 0 Å². The van der Waals surface area contributed by atoms with E-state index in [0.717, 1.165) is 43.4 Å². The van der Waals surface area contributed by atoms with Gasteiger partial charge in [-0.15, -0.1) is 0 Å². The molecule has 2 atom stereocenters. The number of carbonyl (C=O) groups is 1. The van der Waals surface area contributed by atoms with Gasteiger partial charge in [-0.3, -0.25) is 4.79 Å². The minimum atomic E-state index is 0.120. The van der Waals surface area contributed by atoms with E-state index in [-0.39, 0.29) is 11.2 Å². The van der Waals surface area contributed by atoms with Crippen molar-refractivity contribution in [3.8, 4) is 11.5 Å². The van der Waals surface area contributed by atoms with Gasteiger partial charge in [-0.2, -0.15) is 0 Å². The van der Waals surface area contributed by atoms with E-state index in [1.165, 1.54) is 5.57 Å². The van der Waals surface area contributed by atoms with Crippen LogP contribution in [0.5, 0.6) is 11.5 Å². The Hall–Kier alpha value is -1.77. The Morgan fingerprint density at radius 2 is 2.18 bits per heavy atom. The summed E-state index contributed by atoms with van der Waals surface area (Å²) in [5.74, 6) is 2.14. The Morgan fingerprint density at radius 1 is 1.36 bits per heavy atom. The first-order chi connectivity index (χ1) is 10.5. The standard InChI is InChI=1S/C19H24O3/c1-19(12-15-17(21)6-3-7-18(15)22-2)10-4-5-13-11-14(20)8-9-16(13)19/h3,6-7,11,16,21H,4-5,8-10,12H2,1-2H3/p+1. The van der Waals surface area contributed by atoms with Crippen LogP contribution in [0.4, 0.5) is 0 Å². The number of methoxy groups -OCH3 is 1. The molecule has 1 fully saturated rings. The number of ether oxygens (including phenoxy) is 1. The summed E-state index contributed by atoms with van der Waals surface area (Å²) in [6, 6.07) is 5.66. The van der Waals surface area contributed by atoms with Crippen molar-refractivity contribution in [3.63, 3.8) is 0 Å². The molecule has 0 spiro atoms. The van der Waals surface area contributed by atoms with Crippen LogP contribution in [0.15, 0.2) is 29.8 Å². The van der Waals surface area contributed by atoms with E-state index in [0.29, 0.717) is 18.1 Å². The molecule has 118 valence electrons. The van der Waals surface area contributed by atoms with Crippen LogP contribution in [0.3, 0.4) is 0 Å². The minimum absolute atomic E-state index is 0.120. The Morgan fingerprint density at radius 3 is 2.95 bits per heavy atom. The number of ketones is 1. The molecule has 3 nitrogen and oxygen atoms in total. The fourth-order valence-corrected chi connectivity index (χ4v) is 4.32. The normalized spacial score (nSPS) is 28.0. The molecule has 1 aromatic carbocycles. The highest BCUT2D eigenvalue weighted by atomic mass is 16.5. The van der Waals surface area contributed by atoms with Crippen LogP contribution >= 0.6 is 0 Å². The van der Waals surface area contributed by atoms with Gasteiger partial charge in [0.2, 0.25) is 0 Å². The molecule has 22 heavy (non-hydrogen) atoms. The quantitative estimate of drug-likeness (QED) is 0.798. The summed E-state index contributed by atoms with van der Waals surface area (Å²) in [7, 11) is 1.67. The van der Waals surface area contributed by atoms with Gasteiger partial charge in [-0.1, -0.05) is 12.5 Å². The predicted octanol–water partition coefficient (Wildman–Crippen LogP) is 3.77. The zero-order valence-corrected chi connectivity index (χ0v) is 13.4. The molecular weight excluding hydrogens is 276 g/mol. The van der Waals surface area contributed by atoms with Crippen LogP contribution in [0.25, 0.3) is 0 Å². The van der Waals surface area contributed by atoms with E-state index in [9.17, 15) is 4.79 Å². The van der Waals surface area contributed by atoms with Gasteiger partial charge in [-0.05, 0) is 61.6 Å². The van der Waals surface area contributed by atoms with Crippen molar-refractivity contribution in [2.45, 2.75) is 45.4 Å². The van der Waals surface area contributed by atoms with Crippen molar-refractivity contribution < 1.29 is 14.6 Å². The number of carbonyl (C=O) groups excluding carboxylic acids is 1. The molecule has 3 rings (SSSR count). The third-order valence-corrected chi connectivity index (χ3v) is 5.46. The highest BCUT2D eigenvalue weighted by Crippen LogP contribution is 2.51.